The molecule has 3 fully saturated rings. The highest BCUT2D eigenvalue weighted by Gasteiger charge is 2.38. The van der Waals surface area contributed by atoms with E-state index in [1.807, 2.05) is 0 Å². The molecule has 0 saturated heterocycles. The average molecular weight is 512 g/mol. The molecular weight excluding hydrogens is 470 g/mol. The maximum Gasteiger partial charge on any atom is 0.410 e. The molecule has 0 spiro atoms. The Hall–Kier alpha value is -2.75. The van der Waals surface area contributed by atoms with E-state index in [0.29, 0.717) is 42.0 Å². The van der Waals surface area contributed by atoms with Crippen molar-refractivity contribution in [2.75, 3.05) is 5.32 Å². The van der Waals surface area contributed by atoms with Crippen molar-refractivity contribution < 1.29 is 15.0 Å². The van der Waals surface area contributed by atoms with Gasteiger partial charge in [-0.3, -0.25) is 10.7 Å². The first-order valence-electron chi connectivity index (χ1n) is 14.1. The van der Waals surface area contributed by atoms with Crippen molar-refractivity contribution in [2.45, 2.75) is 109 Å². The Morgan fingerprint density at radius 1 is 1.08 bits per heavy atom. The molecule has 5 N–H and O–H groups in total. The van der Waals surface area contributed by atoms with Crippen LogP contribution in [-0.2, 0) is 12.1 Å². The molecule has 3 saturated carbocycles. The molecule has 3 aliphatic rings. The number of nitrogens with zero attached hydrogens (tertiary/aromatic N) is 4. The molecule has 1 amide bonds. The number of carboxylic acid groups (broad SMARTS) is 1. The van der Waals surface area contributed by atoms with Gasteiger partial charge in [0.15, 0.2) is 23.1 Å². The van der Waals surface area contributed by atoms with Crippen LogP contribution in [0.2, 0.25) is 0 Å². The minimum absolute atomic E-state index is 0.0171. The molecule has 0 bridgehead atoms. The summed E-state index contributed by atoms with van der Waals surface area (Å²) in [4.78, 5) is 25.3. The third-order valence-corrected chi connectivity index (χ3v) is 8.95. The molecule has 5 rings (SSSR count). The van der Waals surface area contributed by atoms with Crippen molar-refractivity contribution in [3.8, 4) is 0 Å². The van der Waals surface area contributed by atoms with E-state index in [1.54, 1.807) is 0 Å². The molecule has 10 nitrogen and oxygen atoms in total. The van der Waals surface area contributed by atoms with Gasteiger partial charge in [0.25, 0.3) is 0 Å². The van der Waals surface area contributed by atoms with Crippen molar-refractivity contribution in [2.24, 2.45) is 17.8 Å². The number of rotatable bonds is 7. The minimum atomic E-state index is -1.33. The molecular formula is C27H41N7O3. The quantitative estimate of drug-likeness (QED) is 0.259. The van der Waals surface area contributed by atoms with E-state index in [9.17, 15) is 9.90 Å². The van der Waals surface area contributed by atoms with Gasteiger partial charge < -0.3 is 20.1 Å². The van der Waals surface area contributed by atoms with E-state index in [-0.39, 0.29) is 17.7 Å². The van der Waals surface area contributed by atoms with Crippen LogP contribution in [0.25, 0.3) is 11.2 Å². The number of nitrogens with one attached hydrogen (secondary N) is 3. The molecule has 10 heteroatoms. The van der Waals surface area contributed by atoms with Crippen LogP contribution in [0.4, 0.5) is 10.6 Å². The van der Waals surface area contributed by atoms with Crippen molar-refractivity contribution in [1.82, 2.24) is 24.8 Å². The molecule has 2 aromatic rings. The van der Waals surface area contributed by atoms with Crippen LogP contribution in [0.15, 0.2) is 0 Å². The number of aliphatic hydroxyl groups is 1. The molecule has 1 atom stereocenters. The van der Waals surface area contributed by atoms with Gasteiger partial charge >= 0.3 is 6.09 Å². The summed E-state index contributed by atoms with van der Waals surface area (Å²) in [5.74, 6) is 2.59. The first-order chi connectivity index (χ1) is 17.7. The summed E-state index contributed by atoms with van der Waals surface area (Å²) < 4.78 is 2.16. The second kappa shape index (κ2) is 10.6. The van der Waals surface area contributed by atoms with E-state index in [2.05, 4.69) is 39.0 Å². The second-order valence-electron chi connectivity index (χ2n) is 11.8. The summed E-state index contributed by atoms with van der Waals surface area (Å²) in [5.41, 5.74) is 0.138. The zero-order valence-electron chi connectivity index (χ0n) is 22.1. The third kappa shape index (κ3) is 5.44. The van der Waals surface area contributed by atoms with Crippen LogP contribution in [0, 0.1) is 23.2 Å². The van der Waals surface area contributed by atoms with Gasteiger partial charge in [-0.15, -0.1) is 0 Å². The van der Waals surface area contributed by atoms with Gasteiger partial charge in [0.05, 0.1) is 0 Å². The summed E-state index contributed by atoms with van der Waals surface area (Å²) >= 11 is 0. The van der Waals surface area contributed by atoms with Crippen molar-refractivity contribution in [3.05, 3.63) is 11.6 Å². The van der Waals surface area contributed by atoms with Crippen LogP contribution in [0.1, 0.15) is 103 Å². The van der Waals surface area contributed by atoms with Crippen LogP contribution in [0.3, 0.4) is 0 Å². The number of amides is 1. The fourth-order valence-electron chi connectivity index (χ4n) is 6.35. The molecule has 37 heavy (non-hydrogen) atoms. The van der Waals surface area contributed by atoms with E-state index in [4.69, 9.17) is 15.5 Å². The second-order valence-corrected chi connectivity index (χ2v) is 11.8. The molecule has 0 radical (unpaired) electrons. The van der Waals surface area contributed by atoms with Gasteiger partial charge in [-0.05, 0) is 63.2 Å². The maximum atomic E-state index is 11.8. The first kappa shape index (κ1) is 25.9. The molecule has 0 unspecified atom stereocenters. The van der Waals surface area contributed by atoms with Gasteiger partial charge in [-0.2, -0.15) is 0 Å². The molecule has 3 aliphatic carbocycles. The summed E-state index contributed by atoms with van der Waals surface area (Å²) in [6.07, 6.45) is 11.3. The number of fused-ring (bicyclic) bond motifs is 1. The molecule has 0 aromatic carbocycles. The number of anilines is 1. The molecule has 2 aromatic heterocycles. The largest absolute Gasteiger partial charge is 0.465 e. The predicted molar refractivity (Wildman–Crippen MR) is 142 cm³/mol. The lowest BCUT2D eigenvalue weighted by atomic mass is 9.80. The van der Waals surface area contributed by atoms with Crippen molar-refractivity contribution in [1.29, 1.82) is 5.41 Å². The normalized spacial score (nSPS) is 24.8. The van der Waals surface area contributed by atoms with E-state index < -0.39 is 11.7 Å². The van der Waals surface area contributed by atoms with Crippen LogP contribution in [-0.4, -0.2) is 47.7 Å². The molecule has 2 heterocycles. The summed E-state index contributed by atoms with van der Waals surface area (Å²) in [6, 6.07) is 0.168. The Balaban J connectivity index is 1.62. The lowest BCUT2D eigenvalue weighted by Crippen LogP contribution is -2.34. The number of hydrogen-bond acceptors (Lipinski definition) is 7. The van der Waals surface area contributed by atoms with Gasteiger partial charge in [-0.25, -0.2) is 19.7 Å². The lowest BCUT2D eigenvalue weighted by molar-refractivity contribution is -0.0123. The topological polar surface area (TPSA) is 149 Å². The van der Waals surface area contributed by atoms with Gasteiger partial charge in [-0.1, -0.05) is 45.4 Å². The Morgan fingerprint density at radius 3 is 2.41 bits per heavy atom. The Bertz CT molecular complexity index is 1140. The Kier molecular flexibility index (Phi) is 7.38. The van der Waals surface area contributed by atoms with Crippen molar-refractivity contribution in [3.63, 3.8) is 0 Å². The standard InChI is InChI=1S/C27H41N7O3/c1-16-9-11-18(12-10-16)15-34-20-22(29-17(2)19-7-6-8-19)31-24(21(28)30-26(35)36)32-23(20)33-25(34)27(37)13-4-3-5-14-27/h16-19,37H,3-15H2,1-2H3,(H2,28,30)(H,35,36)(H,29,31,32)/t16-,17-,18-/m1/s1. The fraction of sp³-hybridized carbons (Fsp3) is 0.741. The minimum Gasteiger partial charge on any atom is -0.465 e. The maximum absolute atomic E-state index is 11.8. The first-order valence-corrected chi connectivity index (χ1v) is 14.1. The summed E-state index contributed by atoms with van der Waals surface area (Å²) in [7, 11) is 0. The average Bonchev–Trinajstić information content (AvgIpc) is 3.19. The number of aromatic nitrogens is 4. The fourth-order valence-corrected chi connectivity index (χ4v) is 6.35. The molecule has 0 aliphatic heterocycles. The third-order valence-electron chi connectivity index (χ3n) is 8.95. The monoisotopic (exact) mass is 511 g/mol. The Labute approximate surface area is 218 Å². The highest BCUT2D eigenvalue weighted by atomic mass is 16.4. The highest BCUT2D eigenvalue weighted by molar-refractivity contribution is 6.03. The van der Waals surface area contributed by atoms with Crippen LogP contribution >= 0.6 is 0 Å². The van der Waals surface area contributed by atoms with Gasteiger partial charge in [0.2, 0.25) is 0 Å². The Morgan fingerprint density at radius 2 is 1.78 bits per heavy atom. The van der Waals surface area contributed by atoms with Crippen LogP contribution < -0.4 is 10.6 Å². The lowest BCUT2D eigenvalue weighted by Gasteiger charge is -2.34. The zero-order chi connectivity index (χ0) is 26.2. The number of hydrogen-bond donors (Lipinski definition) is 5. The highest BCUT2D eigenvalue weighted by Crippen LogP contribution is 2.40. The number of imidazole rings is 1. The van der Waals surface area contributed by atoms with E-state index >= 15 is 0 Å². The van der Waals surface area contributed by atoms with Gasteiger partial charge in [0, 0.05) is 12.6 Å². The molecule has 202 valence electrons. The van der Waals surface area contributed by atoms with Gasteiger partial charge in [0.1, 0.15) is 16.9 Å². The SMILES string of the molecule is C[C@@H](Nc1nc(C(=N)NC(=O)O)nc2nc(C3(O)CCCCC3)n(C[C@H]3CC[C@H](C)CC3)c12)C1CCC1. The smallest absolute Gasteiger partial charge is 0.410 e. The predicted octanol–water partition coefficient (Wildman–Crippen LogP) is 5.00. The summed E-state index contributed by atoms with van der Waals surface area (Å²) in [5, 5.41) is 34.9. The number of amidine groups is 1. The van der Waals surface area contributed by atoms with E-state index in [1.165, 1.54) is 19.3 Å². The zero-order valence-corrected chi connectivity index (χ0v) is 22.1. The van der Waals surface area contributed by atoms with Crippen LogP contribution in [0.5, 0.6) is 0 Å². The van der Waals surface area contributed by atoms with Crippen molar-refractivity contribution >= 4 is 28.9 Å². The number of carbonyl (C=O) groups is 1. The summed E-state index contributed by atoms with van der Waals surface area (Å²) in [6.45, 7) is 5.22. The van der Waals surface area contributed by atoms with E-state index in [0.717, 1.165) is 62.9 Å².